The zero-order chi connectivity index (χ0) is 10.3. The standard InChI is InChI=1S/C11H15N3O/c1-14-6-2-3-9(7-14)11-12-10(13-15-11)8-4-5-8/h3,8H,2,4-7H2,1H3. The van der Waals surface area contributed by atoms with Crippen LogP contribution in [0.4, 0.5) is 0 Å². The summed E-state index contributed by atoms with van der Waals surface area (Å²) in [7, 11) is 2.12. The van der Waals surface area contributed by atoms with Crippen molar-refractivity contribution in [1.29, 1.82) is 0 Å². The van der Waals surface area contributed by atoms with Gasteiger partial charge in [-0.05, 0) is 26.3 Å². The Kier molecular flexibility index (Phi) is 2.09. The van der Waals surface area contributed by atoms with Gasteiger partial charge < -0.3 is 9.42 Å². The van der Waals surface area contributed by atoms with E-state index in [0.29, 0.717) is 5.92 Å². The molecule has 1 aromatic heterocycles. The molecule has 4 heteroatoms. The normalized spacial score (nSPS) is 22.9. The summed E-state index contributed by atoms with van der Waals surface area (Å²) in [5.41, 5.74) is 1.18. The number of hydrogen-bond acceptors (Lipinski definition) is 4. The third-order valence-electron chi connectivity index (χ3n) is 3.00. The molecule has 3 rings (SSSR count). The van der Waals surface area contributed by atoms with Crippen LogP contribution in [-0.2, 0) is 0 Å². The molecular formula is C11H15N3O. The molecular weight excluding hydrogens is 190 g/mol. The fourth-order valence-electron chi connectivity index (χ4n) is 1.92. The summed E-state index contributed by atoms with van der Waals surface area (Å²) in [6, 6.07) is 0. The van der Waals surface area contributed by atoms with Crippen molar-refractivity contribution in [2.45, 2.75) is 25.2 Å². The molecule has 0 spiro atoms. The number of likely N-dealkylation sites (N-methyl/N-ethyl adjacent to an activating group) is 1. The summed E-state index contributed by atoms with van der Waals surface area (Å²) in [5.74, 6) is 2.20. The fraction of sp³-hybridized carbons (Fsp3) is 0.636. The van der Waals surface area contributed by atoms with Gasteiger partial charge in [-0.2, -0.15) is 4.98 Å². The van der Waals surface area contributed by atoms with Crippen LogP contribution in [0.25, 0.3) is 5.57 Å². The largest absolute Gasteiger partial charge is 0.334 e. The van der Waals surface area contributed by atoms with Gasteiger partial charge in [-0.1, -0.05) is 11.2 Å². The van der Waals surface area contributed by atoms with E-state index >= 15 is 0 Å². The van der Waals surface area contributed by atoms with Crippen LogP contribution >= 0.6 is 0 Å². The molecule has 80 valence electrons. The molecule has 1 fully saturated rings. The molecule has 1 aromatic rings. The topological polar surface area (TPSA) is 42.2 Å². The van der Waals surface area contributed by atoms with Crippen LogP contribution in [-0.4, -0.2) is 35.2 Å². The Hall–Kier alpha value is -1.16. The zero-order valence-corrected chi connectivity index (χ0v) is 8.94. The second-order valence-electron chi connectivity index (χ2n) is 4.49. The van der Waals surface area contributed by atoms with Crippen LogP contribution in [0.1, 0.15) is 36.9 Å². The molecule has 0 unspecified atom stereocenters. The predicted molar refractivity (Wildman–Crippen MR) is 56.4 cm³/mol. The van der Waals surface area contributed by atoms with Gasteiger partial charge in [-0.25, -0.2) is 0 Å². The molecule has 1 aliphatic heterocycles. The van der Waals surface area contributed by atoms with E-state index in [9.17, 15) is 0 Å². The highest BCUT2D eigenvalue weighted by Crippen LogP contribution is 2.38. The second kappa shape index (κ2) is 3.45. The average Bonchev–Trinajstić information content (AvgIpc) is 2.97. The van der Waals surface area contributed by atoms with Gasteiger partial charge in [-0.15, -0.1) is 0 Å². The number of nitrogens with zero attached hydrogens (tertiary/aromatic N) is 3. The minimum absolute atomic E-state index is 0.574. The van der Waals surface area contributed by atoms with Crippen molar-refractivity contribution in [2.75, 3.05) is 20.1 Å². The molecule has 1 saturated carbocycles. The SMILES string of the molecule is CN1CCC=C(c2nc(C3CC3)no2)C1. The molecule has 0 N–H and O–H groups in total. The maximum Gasteiger partial charge on any atom is 0.254 e. The Balaban J connectivity index is 1.82. The Morgan fingerprint density at radius 3 is 3.07 bits per heavy atom. The first kappa shape index (κ1) is 9.09. The van der Waals surface area contributed by atoms with E-state index in [2.05, 4.69) is 28.2 Å². The van der Waals surface area contributed by atoms with E-state index in [-0.39, 0.29) is 0 Å². The third kappa shape index (κ3) is 1.81. The minimum Gasteiger partial charge on any atom is -0.334 e. The summed E-state index contributed by atoms with van der Waals surface area (Å²) in [4.78, 5) is 6.73. The van der Waals surface area contributed by atoms with Crippen molar-refractivity contribution in [3.63, 3.8) is 0 Å². The first-order valence-electron chi connectivity index (χ1n) is 5.54. The van der Waals surface area contributed by atoms with E-state index in [1.165, 1.54) is 18.4 Å². The van der Waals surface area contributed by atoms with Gasteiger partial charge in [0.15, 0.2) is 5.82 Å². The maximum absolute atomic E-state index is 5.30. The molecule has 15 heavy (non-hydrogen) atoms. The van der Waals surface area contributed by atoms with Crippen LogP contribution in [0, 0.1) is 0 Å². The van der Waals surface area contributed by atoms with Gasteiger partial charge >= 0.3 is 0 Å². The van der Waals surface area contributed by atoms with Gasteiger partial charge in [0.25, 0.3) is 5.89 Å². The van der Waals surface area contributed by atoms with Gasteiger partial charge in [0.2, 0.25) is 0 Å². The summed E-state index contributed by atoms with van der Waals surface area (Å²) < 4.78 is 5.30. The molecule has 2 aliphatic rings. The Morgan fingerprint density at radius 2 is 2.33 bits per heavy atom. The summed E-state index contributed by atoms with van der Waals surface area (Å²) in [6.45, 7) is 2.04. The van der Waals surface area contributed by atoms with Crippen LogP contribution < -0.4 is 0 Å². The average molecular weight is 205 g/mol. The van der Waals surface area contributed by atoms with Crippen LogP contribution in [0.5, 0.6) is 0 Å². The first-order chi connectivity index (χ1) is 7.33. The zero-order valence-electron chi connectivity index (χ0n) is 8.94. The van der Waals surface area contributed by atoms with Crippen LogP contribution in [0.3, 0.4) is 0 Å². The first-order valence-corrected chi connectivity index (χ1v) is 5.54. The lowest BCUT2D eigenvalue weighted by Crippen LogP contribution is -2.25. The Labute approximate surface area is 89.0 Å². The minimum atomic E-state index is 0.574. The van der Waals surface area contributed by atoms with E-state index in [1.54, 1.807) is 0 Å². The third-order valence-corrected chi connectivity index (χ3v) is 3.00. The van der Waals surface area contributed by atoms with E-state index in [1.807, 2.05) is 0 Å². The van der Waals surface area contributed by atoms with Crippen molar-refractivity contribution < 1.29 is 4.52 Å². The van der Waals surface area contributed by atoms with Crippen molar-refractivity contribution in [1.82, 2.24) is 15.0 Å². The molecule has 0 bridgehead atoms. The summed E-state index contributed by atoms with van der Waals surface area (Å²) in [5, 5.41) is 4.03. The van der Waals surface area contributed by atoms with Crippen LogP contribution in [0.2, 0.25) is 0 Å². The highest BCUT2D eigenvalue weighted by atomic mass is 16.5. The van der Waals surface area contributed by atoms with E-state index in [4.69, 9.17) is 4.52 Å². The van der Waals surface area contributed by atoms with Crippen molar-refractivity contribution in [2.24, 2.45) is 0 Å². The smallest absolute Gasteiger partial charge is 0.254 e. The predicted octanol–water partition coefficient (Wildman–Crippen LogP) is 1.67. The van der Waals surface area contributed by atoms with Crippen molar-refractivity contribution >= 4 is 5.57 Å². The highest BCUT2D eigenvalue weighted by Gasteiger charge is 2.29. The lowest BCUT2D eigenvalue weighted by molar-refractivity contribution is 0.356. The molecule has 0 aromatic carbocycles. The molecule has 4 nitrogen and oxygen atoms in total. The molecule has 0 atom stereocenters. The van der Waals surface area contributed by atoms with Gasteiger partial charge in [-0.3, -0.25) is 0 Å². The van der Waals surface area contributed by atoms with E-state index < -0.39 is 0 Å². The monoisotopic (exact) mass is 205 g/mol. The van der Waals surface area contributed by atoms with Gasteiger partial charge in [0.1, 0.15) is 0 Å². The highest BCUT2D eigenvalue weighted by molar-refractivity contribution is 5.60. The van der Waals surface area contributed by atoms with E-state index in [0.717, 1.165) is 31.2 Å². The Morgan fingerprint density at radius 1 is 1.47 bits per heavy atom. The molecule has 1 aliphatic carbocycles. The maximum atomic E-state index is 5.30. The summed E-state index contributed by atoms with van der Waals surface area (Å²) >= 11 is 0. The number of hydrogen-bond donors (Lipinski definition) is 0. The number of aromatic nitrogens is 2. The number of rotatable bonds is 2. The van der Waals surface area contributed by atoms with Crippen LogP contribution in [0.15, 0.2) is 10.6 Å². The lowest BCUT2D eigenvalue weighted by Gasteiger charge is -2.20. The second-order valence-corrected chi connectivity index (χ2v) is 4.49. The lowest BCUT2D eigenvalue weighted by atomic mass is 10.1. The quantitative estimate of drug-likeness (QED) is 0.736. The molecule has 0 amide bonds. The molecule has 0 radical (unpaired) electrons. The summed E-state index contributed by atoms with van der Waals surface area (Å²) in [6.07, 6.45) is 5.73. The van der Waals surface area contributed by atoms with Gasteiger partial charge in [0, 0.05) is 24.6 Å². The van der Waals surface area contributed by atoms with Gasteiger partial charge in [0.05, 0.1) is 0 Å². The molecule has 2 heterocycles. The van der Waals surface area contributed by atoms with Crippen molar-refractivity contribution in [3.8, 4) is 0 Å². The Bertz CT molecular complexity index is 392. The molecule has 0 saturated heterocycles. The fourth-order valence-corrected chi connectivity index (χ4v) is 1.92. The van der Waals surface area contributed by atoms with Crippen molar-refractivity contribution in [3.05, 3.63) is 17.8 Å².